The summed E-state index contributed by atoms with van der Waals surface area (Å²) in [5, 5.41) is 0. The van der Waals surface area contributed by atoms with Gasteiger partial charge in [0.05, 0.1) is 0 Å². The lowest BCUT2D eigenvalue weighted by molar-refractivity contribution is 0.306. The number of hydrogen-bond donors (Lipinski definition) is 1. The van der Waals surface area contributed by atoms with Crippen molar-refractivity contribution in [2.24, 2.45) is 0 Å². The van der Waals surface area contributed by atoms with Crippen molar-refractivity contribution < 1.29 is 21.2 Å². The molecule has 2 rings (SSSR count). The van der Waals surface area contributed by atoms with Gasteiger partial charge in [0, 0.05) is 11.8 Å². The first-order valence-corrected chi connectivity index (χ1v) is 6.94. The Morgan fingerprint density at radius 1 is 1.05 bits per heavy atom. The van der Waals surface area contributed by atoms with Gasteiger partial charge in [0.15, 0.2) is 0 Å². The van der Waals surface area contributed by atoms with Gasteiger partial charge >= 0.3 is 10.5 Å². The molecule has 0 fully saturated rings. The minimum atomic E-state index is -5.02. The van der Waals surface area contributed by atoms with Crippen LogP contribution in [0, 0.1) is 0 Å². The van der Waals surface area contributed by atoms with Crippen molar-refractivity contribution in [3.8, 4) is 11.5 Å². The van der Waals surface area contributed by atoms with Crippen LogP contribution in [-0.2, 0) is 17.1 Å². The second-order valence-electron chi connectivity index (χ2n) is 3.99. The van der Waals surface area contributed by atoms with Crippen LogP contribution in [0.5, 0.6) is 11.5 Å². The number of rotatable bonds is 5. The molecule has 2 N–H and O–H groups in total. The van der Waals surface area contributed by atoms with Gasteiger partial charge in [-0.3, -0.25) is 0 Å². The Hall–Kier alpha value is -2.28. The molecule has 0 heterocycles. The Kier molecular flexibility index (Phi) is 4.09. The third-order valence-corrected chi connectivity index (χ3v) is 2.75. The highest BCUT2D eigenvalue weighted by Gasteiger charge is 2.09. The molecule has 0 saturated carbocycles. The molecular weight excluding hydrogens is 285 g/mol. The fraction of sp³-hybridized carbons (Fsp3) is 0.0769. The molecule has 7 heteroatoms. The van der Waals surface area contributed by atoms with E-state index >= 15 is 0 Å². The molecule has 0 atom stereocenters. The second-order valence-corrected chi connectivity index (χ2v) is 4.94. The van der Waals surface area contributed by atoms with E-state index in [9.17, 15) is 12.3 Å². The maximum absolute atomic E-state index is 12.4. The minimum Gasteiger partial charge on any atom is -0.489 e. The molecule has 5 nitrogen and oxygen atoms in total. The second kappa shape index (κ2) is 5.79. The Labute approximate surface area is 116 Å². The van der Waals surface area contributed by atoms with Crippen LogP contribution in [0.15, 0.2) is 48.5 Å². The first-order valence-electron chi connectivity index (χ1n) is 5.64. The van der Waals surface area contributed by atoms with E-state index in [-0.39, 0.29) is 12.4 Å². The molecule has 0 aliphatic rings. The van der Waals surface area contributed by atoms with Gasteiger partial charge in [0.25, 0.3) is 0 Å². The number of ether oxygens (including phenoxy) is 1. The number of benzene rings is 2. The molecule has 0 saturated heterocycles. The summed E-state index contributed by atoms with van der Waals surface area (Å²) in [6, 6.07) is 12.8. The van der Waals surface area contributed by atoms with E-state index in [1.54, 1.807) is 36.4 Å². The van der Waals surface area contributed by atoms with Crippen LogP contribution in [0.4, 0.5) is 9.57 Å². The lowest BCUT2D eigenvalue weighted by atomic mass is 10.2. The molecule has 0 radical (unpaired) electrons. The summed E-state index contributed by atoms with van der Waals surface area (Å²) < 4.78 is 42.8. The third-order valence-electron chi connectivity index (χ3n) is 2.36. The Morgan fingerprint density at radius 3 is 2.45 bits per heavy atom. The summed E-state index contributed by atoms with van der Waals surface area (Å²) in [5.74, 6) is 0.468. The van der Waals surface area contributed by atoms with Crippen LogP contribution in [0.3, 0.4) is 0 Å². The van der Waals surface area contributed by atoms with Gasteiger partial charge in [-0.25, -0.2) is 0 Å². The van der Waals surface area contributed by atoms with Crippen LogP contribution in [0.25, 0.3) is 0 Å². The first-order chi connectivity index (χ1) is 9.42. The van der Waals surface area contributed by atoms with Crippen molar-refractivity contribution in [3.05, 3.63) is 54.1 Å². The lowest BCUT2D eigenvalue weighted by Crippen LogP contribution is -2.02. The van der Waals surface area contributed by atoms with Crippen molar-refractivity contribution in [1.29, 1.82) is 0 Å². The molecule has 0 aromatic heterocycles. The zero-order valence-corrected chi connectivity index (χ0v) is 11.1. The van der Waals surface area contributed by atoms with E-state index < -0.39 is 10.5 Å². The molecule has 20 heavy (non-hydrogen) atoms. The van der Waals surface area contributed by atoms with E-state index in [4.69, 9.17) is 10.5 Å². The van der Waals surface area contributed by atoms with E-state index in [2.05, 4.69) is 4.18 Å². The maximum atomic E-state index is 12.4. The largest absolute Gasteiger partial charge is 0.489 e. The van der Waals surface area contributed by atoms with E-state index in [0.29, 0.717) is 17.0 Å². The minimum absolute atomic E-state index is 0.110. The van der Waals surface area contributed by atoms with E-state index in [1.807, 2.05) is 0 Å². The smallest absolute Gasteiger partial charge is 0.488 e. The molecule has 2 aromatic carbocycles. The molecule has 0 spiro atoms. The summed E-state index contributed by atoms with van der Waals surface area (Å²) in [5.41, 5.74) is 6.82. The molecule has 0 aliphatic carbocycles. The summed E-state index contributed by atoms with van der Waals surface area (Å²) in [6.45, 7) is 0.174. The van der Waals surface area contributed by atoms with Gasteiger partial charge in [-0.05, 0) is 29.8 Å². The topological polar surface area (TPSA) is 78.6 Å². The highest BCUT2D eigenvalue weighted by molar-refractivity contribution is 7.81. The van der Waals surface area contributed by atoms with E-state index in [0.717, 1.165) is 0 Å². The Morgan fingerprint density at radius 2 is 1.75 bits per heavy atom. The van der Waals surface area contributed by atoms with Crippen molar-refractivity contribution in [1.82, 2.24) is 0 Å². The number of anilines is 1. The molecule has 0 amide bonds. The van der Waals surface area contributed by atoms with Gasteiger partial charge in [-0.1, -0.05) is 22.1 Å². The van der Waals surface area contributed by atoms with Crippen LogP contribution < -0.4 is 14.7 Å². The van der Waals surface area contributed by atoms with Crippen LogP contribution in [0.2, 0.25) is 0 Å². The average Bonchev–Trinajstić information content (AvgIpc) is 2.35. The molecule has 0 unspecified atom stereocenters. The third kappa shape index (κ3) is 4.43. The zero-order chi connectivity index (χ0) is 14.6. The number of nitrogens with two attached hydrogens (primary N) is 1. The Balaban J connectivity index is 2.05. The van der Waals surface area contributed by atoms with Crippen molar-refractivity contribution in [2.45, 2.75) is 6.61 Å². The van der Waals surface area contributed by atoms with Gasteiger partial charge in [-0.2, -0.15) is 8.42 Å². The molecule has 0 bridgehead atoms. The van der Waals surface area contributed by atoms with Crippen LogP contribution >= 0.6 is 0 Å². The summed E-state index contributed by atoms with van der Waals surface area (Å²) in [4.78, 5) is 0. The highest BCUT2D eigenvalue weighted by atomic mass is 32.3. The normalized spacial score (nSPS) is 11.1. The predicted octanol–water partition coefficient (Wildman–Crippen LogP) is 2.44. The highest BCUT2D eigenvalue weighted by Crippen LogP contribution is 2.19. The summed E-state index contributed by atoms with van der Waals surface area (Å²) in [6.07, 6.45) is 0. The maximum Gasteiger partial charge on any atom is 0.488 e. The molecule has 2 aromatic rings. The number of hydrogen-bond acceptors (Lipinski definition) is 5. The zero-order valence-electron chi connectivity index (χ0n) is 10.3. The summed E-state index contributed by atoms with van der Waals surface area (Å²) in [7, 11) is -5.02. The molecular formula is C13H12FNO4S. The fourth-order valence-electron chi connectivity index (χ4n) is 1.57. The molecule has 0 aliphatic heterocycles. The van der Waals surface area contributed by atoms with Crippen molar-refractivity contribution in [2.75, 3.05) is 5.73 Å². The summed E-state index contributed by atoms with van der Waals surface area (Å²) >= 11 is 0. The van der Waals surface area contributed by atoms with Gasteiger partial charge in [0.2, 0.25) is 0 Å². The average molecular weight is 297 g/mol. The fourth-order valence-corrected chi connectivity index (χ4v) is 1.91. The number of nitrogen functional groups attached to an aromatic ring is 1. The predicted molar refractivity (Wildman–Crippen MR) is 72.3 cm³/mol. The van der Waals surface area contributed by atoms with Gasteiger partial charge < -0.3 is 14.7 Å². The Bertz CT molecular complexity index is 703. The SMILES string of the molecule is Nc1cccc(OCc2cccc(OS(=O)(=O)F)c2)c1. The van der Waals surface area contributed by atoms with Gasteiger partial charge in [-0.15, -0.1) is 0 Å². The van der Waals surface area contributed by atoms with Gasteiger partial charge in [0.1, 0.15) is 18.1 Å². The van der Waals surface area contributed by atoms with Crippen LogP contribution in [-0.4, -0.2) is 8.42 Å². The first kappa shape index (κ1) is 14.1. The van der Waals surface area contributed by atoms with E-state index in [1.165, 1.54) is 12.1 Å². The standard InChI is InChI=1S/C13H12FNO4S/c14-20(16,17)19-13-6-1-3-10(7-13)9-18-12-5-2-4-11(15)8-12/h1-8H,9,15H2. The number of halogens is 1. The van der Waals surface area contributed by atoms with Crippen LogP contribution in [0.1, 0.15) is 5.56 Å². The monoisotopic (exact) mass is 297 g/mol. The van der Waals surface area contributed by atoms with Crippen molar-refractivity contribution in [3.63, 3.8) is 0 Å². The lowest BCUT2D eigenvalue weighted by Gasteiger charge is -2.08. The quantitative estimate of drug-likeness (QED) is 0.677. The molecule has 106 valence electrons. The van der Waals surface area contributed by atoms with Crippen molar-refractivity contribution >= 4 is 16.2 Å².